The lowest BCUT2D eigenvalue weighted by Crippen LogP contribution is -2.01. The van der Waals surface area contributed by atoms with Gasteiger partial charge >= 0.3 is 0 Å². The standard InChI is InChI=1S/C40H28N4O/c1-4-14-26(15-5-1)38-41-39(27-16-6-2-7-17-27)43-40(42-38)32-22-12-20-30-31-21-13-25-35(37(31)45-36(30)32)44-33-23-9-3-8-18-28(33)29-19-10-11-24-34(29)44/h1-2,4-8,10-22,24-25H,3,9,23H2. The number of benzene rings is 5. The minimum Gasteiger partial charge on any atom is -0.453 e. The van der Waals surface area contributed by atoms with E-state index in [2.05, 4.69) is 71.3 Å². The molecular weight excluding hydrogens is 552 g/mol. The molecule has 0 unspecified atom stereocenters. The molecule has 0 saturated carbocycles. The normalized spacial score (nSPS) is 13.0. The molecule has 0 spiro atoms. The number of aromatic nitrogens is 4. The van der Waals surface area contributed by atoms with Crippen molar-refractivity contribution >= 4 is 38.9 Å². The molecule has 0 bridgehead atoms. The van der Waals surface area contributed by atoms with Gasteiger partial charge in [0, 0.05) is 38.5 Å². The summed E-state index contributed by atoms with van der Waals surface area (Å²) in [6.07, 6.45) is 7.82. The van der Waals surface area contributed by atoms with Crippen molar-refractivity contribution in [3.05, 3.63) is 139 Å². The second-order valence-corrected chi connectivity index (χ2v) is 11.5. The number of nitrogens with zero attached hydrogens (tertiary/aromatic N) is 4. The van der Waals surface area contributed by atoms with E-state index in [1.165, 1.54) is 22.2 Å². The van der Waals surface area contributed by atoms with E-state index in [1.54, 1.807) is 0 Å². The Bertz CT molecular complexity index is 2340. The van der Waals surface area contributed by atoms with Gasteiger partial charge in [0.1, 0.15) is 5.58 Å². The first kappa shape index (κ1) is 25.7. The molecule has 0 atom stereocenters. The summed E-state index contributed by atoms with van der Waals surface area (Å²) in [4.78, 5) is 14.9. The van der Waals surface area contributed by atoms with Gasteiger partial charge in [0.2, 0.25) is 0 Å². The van der Waals surface area contributed by atoms with Gasteiger partial charge in [-0.3, -0.25) is 0 Å². The van der Waals surface area contributed by atoms with Crippen LogP contribution in [0.5, 0.6) is 0 Å². The van der Waals surface area contributed by atoms with Crippen LogP contribution in [0, 0.1) is 0 Å². The summed E-state index contributed by atoms with van der Waals surface area (Å²) in [6.45, 7) is 0. The van der Waals surface area contributed by atoms with Gasteiger partial charge in [-0.05, 0) is 37.5 Å². The van der Waals surface area contributed by atoms with Crippen molar-refractivity contribution in [1.82, 2.24) is 19.5 Å². The third kappa shape index (κ3) is 4.20. The molecule has 0 saturated heterocycles. The maximum atomic E-state index is 6.92. The summed E-state index contributed by atoms with van der Waals surface area (Å²) in [5, 5.41) is 3.38. The molecular formula is C40H28N4O. The van der Waals surface area contributed by atoms with E-state index in [4.69, 9.17) is 19.4 Å². The van der Waals surface area contributed by atoms with Gasteiger partial charge in [-0.1, -0.05) is 115 Å². The van der Waals surface area contributed by atoms with Crippen LogP contribution in [-0.4, -0.2) is 19.5 Å². The Morgan fingerprint density at radius 3 is 1.93 bits per heavy atom. The molecule has 1 aliphatic rings. The molecule has 0 N–H and O–H groups in total. The fourth-order valence-corrected chi connectivity index (χ4v) is 6.70. The summed E-state index contributed by atoms with van der Waals surface area (Å²) in [7, 11) is 0. The molecule has 9 rings (SSSR count). The Hall–Kier alpha value is -5.81. The molecule has 5 heteroatoms. The van der Waals surface area contributed by atoms with Crippen molar-refractivity contribution in [3.63, 3.8) is 0 Å². The molecule has 0 amide bonds. The summed E-state index contributed by atoms with van der Waals surface area (Å²) < 4.78 is 9.33. The minimum absolute atomic E-state index is 0.583. The molecule has 0 fully saturated rings. The summed E-state index contributed by atoms with van der Waals surface area (Å²) >= 11 is 0. The quantitative estimate of drug-likeness (QED) is 0.208. The van der Waals surface area contributed by atoms with Crippen LogP contribution < -0.4 is 0 Å². The summed E-state index contributed by atoms with van der Waals surface area (Å²) in [5.41, 5.74) is 9.22. The van der Waals surface area contributed by atoms with E-state index in [0.717, 1.165) is 63.6 Å². The third-order valence-corrected chi connectivity index (χ3v) is 8.77. The SMILES string of the molecule is C1=Cc2c(n(-c3cccc4c3oc3c(-c5nc(-c6ccccc6)nc(-c6ccccc6)n5)cccc34)c3ccccc23)CCC1. The molecule has 0 aliphatic heterocycles. The topological polar surface area (TPSA) is 56.7 Å². The number of furan rings is 1. The average molecular weight is 581 g/mol. The Morgan fingerprint density at radius 1 is 0.556 bits per heavy atom. The second-order valence-electron chi connectivity index (χ2n) is 11.5. The zero-order valence-corrected chi connectivity index (χ0v) is 24.5. The van der Waals surface area contributed by atoms with Gasteiger partial charge in [-0.2, -0.15) is 0 Å². The van der Waals surface area contributed by atoms with Crippen LogP contribution >= 0.6 is 0 Å². The maximum Gasteiger partial charge on any atom is 0.167 e. The predicted molar refractivity (Wildman–Crippen MR) is 182 cm³/mol. The van der Waals surface area contributed by atoms with Gasteiger partial charge in [-0.15, -0.1) is 0 Å². The Balaban J connectivity index is 1.30. The predicted octanol–water partition coefficient (Wildman–Crippen LogP) is 10.1. The van der Waals surface area contributed by atoms with E-state index in [0.29, 0.717) is 17.5 Å². The van der Waals surface area contributed by atoms with Crippen LogP contribution in [-0.2, 0) is 6.42 Å². The number of rotatable bonds is 4. The fraction of sp³-hybridized carbons (Fsp3) is 0.0750. The highest BCUT2D eigenvalue weighted by Gasteiger charge is 2.23. The van der Waals surface area contributed by atoms with Crippen LogP contribution in [0.25, 0.3) is 78.8 Å². The maximum absolute atomic E-state index is 6.92. The van der Waals surface area contributed by atoms with Crippen molar-refractivity contribution in [1.29, 1.82) is 0 Å². The monoisotopic (exact) mass is 580 g/mol. The lowest BCUT2D eigenvalue weighted by molar-refractivity contribution is 0.665. The number of fused-ring (bicyclic) bond motifs is 6. The van der Waals surface area contributed by atoms with E-state index < -0.39 is 0 Å². The van der Waals surface area contributed by atoms with Crippen molar-refractivity contribution in [2.45, 2.75) is 19.3 Å². The Morgan fingerprint density at radius 2 is 1.18 bits per heavy atom. The largest absolute Gasteiger partial charge is 0.453 e. The summed E-state index contributed by atoms with van der Waals surface area (Å²) in [6, 6.07) is 41.5. The lowest BCUT2D eigenvalue weighted by atomic mass is 10.1. The molecule has 3 heterocycles. The first-order valence-electron chi connectivity index (χ1n) is 15.4. The first-order chi connectivity index (χ1) is 22.3. The smallest absolute Gasteiger partial charge is 0.167 e. The van der Waals surface area contributed by atoms with E-state index >= 15 is 0 Å². The van der Waals surface area contributed by atoms with Crippen LogP contribution in [0.1, 0.15) is 24.1 Å². The highest BCUT2D eigenvalue weighted by molar-refractivity contribution is 6.11. The number of hydrogen-bond acceptors (Lipinski definition) is 4. The molecule has 8 aromatic rings. The highest BCUT2D eigenvalue weighted by Crippen LogP contribution is 2.41. The first-order valence-corrected chi connectivity index (χ1v) is 15.4. The van der Waals surface area contributed by atoms with Gasteiger partial charge in [0.05, 0.1) is 16.8 Å². The molecule has 0 radical (unpaired) electrons. The Labute approximate surface area is 260 Å². The van der Waals surface area contributed by atoms with Crippen molar-refractivity contribution in [2.24, 2.45) is 0 Å². The highest BCUT2D eigenvalue weighted by atomic mass is 16.3. The van der Waals surface area contributed by atoms with Crippen LogP contribution in [0.15, 0.2) is 132 Å². The lowest BCUT2D eigenvalue weighted by Gasteiger charge is -2.11. The van der Waals surface area contributed by atoms with Crippen LogP contribution in [0.4, 0.5) is 0 Å². The van der Waals surface area contributed by atoms with Gasteiger partial charge in [0.15, 0.2) is 23.1 Å². The molecule has 5 nitrogen and oxygen atoms in total. The number of allylic oxidation sites excluding steroid dienone is 1. The van der Waals surface area contributed by atoms with Gasteiger partial charge in [0.25, 0.3) is 0 Å². The zero-order chi connectivity index (χ0) is 29.7. The number of para-hydroxylation sites is 3. The Kier molecular flexibility index (Phi) is 5.94. The van der Waals surface area contributed by atoms with E-state index in [1.807, 2.05) is 66.7 Å². The van der Waals surface area contributed by atoms with Crippen molar-refractivity contribution in [3.8, 4) is 39.9 Å². The zero-order valence-electron chi connectivity index (χ0n) is 24.5. The van der Waals surface area contributed by atoms with Gasteiger partial charge in [-0.25, -0.2) is 15.0 Å². The molecule has 45 heavy (non-hydrogen) atoms. The van der Waals surface area contributed by atoms with E-state index in [9.17, 15) is 0 Å². The molecule has 3 aromatic heterocycles. The van der Waals surface area contributed by atoms with Crippen LogP contribution in [0.2, 0.25) is 0 Å². The van der Waals surface area contributed by atoms with Crippen LogP contribution in [0.3, 0.4) is 0 Å². The summed E-state index contributed by atoms with van der Waals surface area (Å²) in [5.74, 6) is 1.84. The second kappa shape index (κ2) is 10.4. The van der Waals surface area contributed by atoms with Crippen molar-refractivity contribution < 1.29 is 4.42 Å². The average Bonchev–Trinajstić information content (AvgIpc) is 3.53. The third-order valence-electron chi connectivity index (χ3n) is 8.77. The van der Waals surface area contributed by atoms with Crippen molar-refractivity contribution in [2.75, 3.05) is 0 Å². The minimum atomic E-state index is 0.583. The number of hydrogen-bond donors (Lipinski definition) is 0. The van der Waals surface area contributed by atoms with E-state index in [-0.39, 0.29) is 0 Å². The van der Waals surface area contributed by atoms with Gasteiger partial charge < -0.3 is 8.98 Å². The molecule has 5 aromatic carbocycles. The molecule has 1 aliphatic carbocycles. The fourth-order valence-electron chi connectivity index (χ4n) is 6.70. The molecule has 214 valence electrons.